The molecule has 0 saturated carbocycles. The lowest BCUT2D eigenvalue weighted by Crippen LogP contribution is -2.46. The summed E-state index contributed by atoms with van der Waals surface area (Å²) >= 11 is 0. The third kappa shape index (κ3) is 1.92. The highest BCUT2D eigenvalue weighted by Crippen LogP contribution is 2.29. The smallest absolute Gasteiger partial charge is 0.362 e. The zero-order chi connectivity index (χ0) is 14.1. The lowest BCUT2D eigenvalue weighted by molar-refractivity contribution is -0.513. The molecule has 1 N–H and O–H groups in total. The van der Waals surface area contributed by atoms with Crippen molar-refractivity contribution in [1.82, 2.24) is 0 Å². The Balaban J connectivity index is 3.38. The standard InChI is InChI=1S/C9H9NO7S/c1-6(11)18(16,17)9(10(14)15)4-2-7(3-5-9)8(12)13/h2-5,7H,1H3,(H,12,13). The van der Waals surface area contributed by atoms with Gasteiger partial charge in [0.2, 0.25) is 0 Å². The van der Waals surface area contributed by atoms with Gasteiger partial charge in [-0.05, 0) is 0 Å². The predicted molar refractivity (Wildman–Crippen MR) is 58.7 cm³/mol. The Labute approximate surface area is 102 Å². The molecule has 9 heteroatoms. The Morgan fingerprint density at radius 2 is 1.78 bits per heavy atom. The maximum Gasteiger partial charge on any atom is 0.362 e. The fourth-order valence-electron chi connectivity index (χ4n) is 1.40. The first-order valence-electron chi connectivity index (χ1n) is 4.66. The molecular weight excluding hydrogens is 266 g/mol. The molecule has 98 valence electrons. The average molecular weight is 275 g/mol. The normalized spacial score (nSPS) is 26.8. The van der Waals surface area contributed by atoms with Crippen molar-refractivity contribution in [2.45, 2.75) is 11.8 Å². The minimum Gasteiger partial charge on any atom is -0.481 e. The molecule has 0 spiro atoms. The topological polar surface area (TPSA) is 132 Å². The fraction of sp³-hybridized carbons (Fsp3) is 0.333. The Morgan fingerprint density at radius 1 is 1.33 bits per heavy atom. The quantitative estimate of drug-likeness (QED) is 0.426. The number of aliphatic carboxylic acids is 1. The van der Waals surface area contributed by atoms with E-state index in [4.69, 9.17) is 5.11 Å². The summed E-state index contributed by atoms with van der Waals surface area (Å²) in [6.07, 6.45) is 2.96. The van der Waals surface area contributed by atoms with Gasteiger partial charge in [0.1, 0.15) is 0 Å². The van der Waals surface area contributed by atoms with Crippen LogP contribution in [0, 0.1) is 16.0 Å². The van der Waals surface area contributed by atoms with Crippen LogP contribution in [0.2, 0.25) is 0 Å². The molecule has 0 amide bonds. The largest absolute Gasteiger partial charge is 0.481 e. The number of rotatable bonds is 3. The number of nitro groups is 1. The minimum atomic E-state index is -4.71. The molecule has 0 aromatic rings. The zero-order valence-corrected chi connectivity index (χ0v) is 9.96. The summed E-state index contributed by atoms with van der Waals surface area (Å²) in [5.74, 6) is -2.43. The number of carbonyl (C=O) groups is 2. The Kier molecular flexibility index (Phi) is 3.38. The molecule has 0 atom stereocenters. The molecule has 8 nitrogen and oxygen atoms in total. The van der Waals surface area contributed by atoms with Gasteiger partial charge >= 0.3 is 10.8 Å². The molecule has 1 aliphatic carbocycles. The second-order valence-electron chi connectivity index (χ2n) is 3.59. The fourth-order valence-corrected chi connectivity index (χ4v) is 2.57. The van der Waals surface area contributed by atoms with E-state index >= 15 is 0 Å². The minimum absolute atomic E-state index is 0.614. The summed E-state index contributed by atoms with van der Waals surface area (Å²) in [4.78, 5) is 28.7. The number of carbonyl (C=O) groups excluding carboxylic acids is 1. The van der Waals surface area contributed by atoms with Crippen molar-refractivity contribution in [3.05, 3.63) is 34.4 Å². The van der Waals surface area contributed by atoms with Gasteiger partial charge in [-0.3, -0.25) is 19.7 Å². The van der Waals surface area contributed by atoms with E-state index < -0.39 is 36.6 Å². The number of nitrogens with zero attached hydrogens (tertiary/aromatic N) is 1. The molecular formula is C9H9NO7S. The van der Waals surface area contributed by atoms with Crippen LogP contribution < -0.4 is 0 Å². The Morgan fingerprint density at radius 3 is 2.06 bits per heavy atom. The molecule has 0 aromatic carbocycles. The van der Waals surface area contributed by atoms with Gasteiger partial charge in [-0.1, -0.05) is 12.2 Å². The zero-order valence-electron chi connectivity index (χ0n) is 9.14. The molecule has 0 aliphatic heterocycles. The molecule has 0 saturated heterocycles. The van der Waals surface area contributed by atoms with Crippen LogP contribution >= 0.6 is 0 Å². The van der Waals surface area contributed by atoms with E-state index in [0.29, 0.717) is 19.1 Å². The van der Waals surface area contributed by atoms with Crippen molar-refractivity contribution in [1.29, 1.82) is 0 Å². The van der Waals surface area contributed by atoms with Gasteiger partial charge in [0.25, 0.3) is 15.0 Å². The van der Waals surface area contributed by atoms with Crippen LogP contribution in [0.4, 0.5) is 0 Å². The van der Waals surface area contributed by atoms with Crippen molar-refractivity contribution in [3.8, 4) is 0 Å². The summed E-state index contributed by atoms with van der Waals surface area (Å²) in [5, 5.41) is 18.2. The molecule has 0 fully saturated rings. The van der Waals surface area contributed by atoms with E-state index in [2.05, 4.69) is 0 Å². The Bertz CT molecular complexity index is 558. The van der Waals surface area contributed by atoms with Crippen molar-refractivity contribution in [2.75, 3.05) is 0 Å². The summed E-state index contributed by atoms with van der Waals surface area (Å²) in [6, 6.07) is 0. The summed E-state index contributed by atoms with van der Waals surface area (Å²) in [5.41, 5.74) is 0. The summed E-state index contributed by atoms with van der Waals surface area (Å²) in [7, 11) is -4.71. The number of sulfone groups is 1. The lowest BCUT2D eigenvalue weighted by Gasteiger charge is -2.20. The van der Waals surface area contributed by atoms with Crippen LogP contribution in [0.15, 0.2) is 24.3 Å². The predicted octanol–water partition coefficient (Wildman–Crippen LogP) is -0.253. The van der Waals surface area contributed by atoms with E-state index in [1.807, 2.05) is 0 Å². The van der Waals surface area contributed by atoms with Gasteiger partial charge < -0.3 is 5.11 Å². The maximum absolute atomic E-state index is 11.7. The molecule has 18 heavy (non-hydrogen) atoms. The highest BCUT2D eigenvalue weighted by Gasteiger charge is 2.55. The van der Waals surface area contributed by atoms with Gasteiger partial charge in [0.15, 0.2) is 0 Å². The van der Waals surface area contributed by atoms with Crippen molar-refractivity contribution >= 4 is 20.9 Å². The number of carboxylic acids is 1. The van der Waals surface area contributed by atoms with Gasteiger partial charge in [0.05, 0.1) is 10.8 Å². The monoisotopic (exact) mass is 275 g/mol. The maximum atomic E-state index is 11.7. The van der Waals surface area contributed by atoms with Crippen LogP contribution in [0.25, 0.3) is 0 Å². The van der Waals surface area contributed by atoms with E-state index in [1.165, 1.54) is 0 Å². The van der Waals surface area contributed by atoms with Crippen LogP contribution in [-0.4, -0.2) is 34.4 Å². The third-order valence-electron chi connectivity index (χ3n) is 2.46. The molecule has 0 bridgehead atoms. The van der Waals surface area contributed by atoms with E-state index in [1.54, 1.807) is 0 Å². The molecule has 1 aliphatic rings. The molecule has 0 aromatic heterocycles. The second-order valence-corrected chi connectivity index (χ2v) is 5.82. The number of carboxylic acid groups (broad SMARTS) is 1. The van der Waals surface area contributed by atoms with Crippen LogP contribution in [-0.2, 0) is 19.4 Å². The molecule has 0 unspecified atom stereocenters. The SMILES string of the molecule is CC(=O)S(=O)(=O)C1([N+](=O)[O-])C=CC(C(=O)O)C=C1. The highest BCUT2D eigenvalue weighted by molar-refractivity contribution is 8.07. The summed E-state index contributed by atoms with van der Waals surface area (Å²) in [6.45, 7) is 0.700. The average Bonchev–Trinajstić information content (AvgIpc) is 2.28. The van der Waals surface area contributed by atoms with E-state index in [9.17, 15) is 28.1 Å². The van der Waals surface area contributed by atoms with Crippen LogP contribution in [0.3, 0.4) is 0 Å². The molecule has 1 rings (SSSR count). The van der Waals surface area contributed by atoms with Crippen LogP contribution in [0.5, 0.6) is 0 Å². The van der Waals surface area contributed by atoms with Crippen LogP contribution in [0.1, 0.15) is 6.92 Å². The highest BCUT2D eigenvalue weighted by atomic mass is 32.2. The Hall–Kier alpha value is -2.03. The first kappa shape index (κ1) is 14.0. The number of hydrogen-bond donors (Lipinski definition) is 1. The molecule has 0 radical (unpaired) electrons. The first-order chi connectivity index (χ1) is 8.15. The third-order valence-corrected chi connectivity index (χ3v) is 4.50. The van der Waals surface area contributed by atoms with Gasteiger partial charge in [-0.2, -0.15) is 0 Å². The van der Waals surface area contributed by atoms with Gasteiger partial charge in [-0.25, -0.2) is 8.42 Å². The lowest BCUT2D eigenvalue weighted by atomic mass is 10.0. The van der Waals surface area contributed by atoms with Crippen molar-refractivity contribution in [2.24, 2.45) is 5.92 Å². The van der Waals surface area contributed by atoms with Crippen molar-refractivity contribution < 1.29 is 28.0 Å². The van der Waals surface area contributed by atoms with Gasteiger partial charge in [-0.15, -0.1) is 0 Å². The molecule has 0 heterocycles. The van der Waals surface area contributed by atoms with Gasteiger partial charge in [0, 0.05) is 19.1 Å². The summed E-state index contributed by atoms with van der Waals surface area (Å²) < 4.78 is 23.4. The van der Waals surface area contributed by atoms with E-state index in [0.717, 1.165) is 12.2 Å². The number of hydrogen-bond acceptors (Lipinski definition) is 6. The van der Waals surface area contributed by atoms with Crippen molar-refractivity contribution in [3.63, 3.8) is 0 Å². The first-order valence-corrected chi connectivity index (χ1v) is 6.14. The van der Waals surface area contributed by atoms with E-state index in [-0.39, 0.29) is 0 Å². The second kappa shape index (κ2) is 4.33.